The van der Waals surface area contributed by atoms with E-state index in [0.29, 0.717) is 28.9 Å². The maximum Gasteiger partial charge on any atom is 0.258 e. The number of anilines is 1. The number of carbonyl (C=O) groups excluding carboxylic acids is 3. The first-order valence-electron chi connectivity index (χ1n) is 7.80. The number of para-hydroxylation sites is 1. The first-order chi connectivity index (χ1) is 11.5. The van der Waals surface area contributed by atoms with E-state index in [1.807, 2.05) is 6.92 Å². The molecule has 2 amide bonds. The van der Waals surface area contributed by atoms with Crippen molar-refractivity contribution in [3.8, 4) is 0 Å². The minimum Gasteiger partial charge on any atom is -0.348 e. The number of amides is 2. The SMILES string of the molecule is CC(=O)c1ccc(C(=O)N2C[C@@H](C)NC(=O)c3ccccc32)cc1. The molecule has 1 N–H and O–H groups in total. The van der Waals surface area contributed by atoms with Crippen LogP contribution in [0.3, 0.4) is 0 Å². The third kappa shape index (κ3) is 2.93. The molecule has 2 aromatic carbocycles. The number of ketones is 1. The molecule has 0 bridgehead atoms. The predicted molar refractivity (Wildman–Crippen MR) is 91.5 cm³/mol. The normalized spacial score (nSPS) is 16.8. The number of hydrogen-bond donors (Lipinski definition) is 1. The molecule has 122 valence electrons. The van der Waals surface area contributed by atoms with E-state index >= 15 is 0 Å². The lowest BCUT2D eigenvalue weighted by Gasteiger charge is -2.24. The van der Waals surface area contributed by atoms with Gasteiger partial charge in [-0.3, -0.25) is 14.4 Å². The van der Waals surface area contributed by atoms with Crippen molar-refractivity contribution in [2.45, 2.75) is 19.9 Å². The Bertz CT molecular complexity index is 812. The highest BCUT2D eigenvalue weighted by Crippen LogP contribution is 2.25. The van der Waals surface area contributed by atoms with Crippen LogP contribution in [0, 0.1) is 0 Å². The van der Waals surface area contributed by atoms with Gasteiger partial charge in [0.15, 0.2) is 5.78 Å². The second kappa shape index (κ2) is 6.28. The Morgan fingerprint density at radius 1 is 1.04 bits per heavy atom. The summed E-state index contributed by atoms with van der Waals surface area (Å²) in [7, 11) is 0. The molecule has 0 aliphatic carbocycles. The molecule has 3 rings (SSSR count). The summed E-state index contributed by atoms with van der Waals surface area (Å²) in [5.41, 5.74) is 2.12. The highest BCUT2D eigenvalue weighted by molar-refractivity contribution is 6.11. The van der Waals surface area contributed by atoms with Gasteiger partial charge < -0.3 is 10.2 Å². The number of benzene rings is 2. The Labute approximate surface area is 140 Å². The van der Waals surface area contributed by atoms with Gasteiger partial charge in [-0.2, -0.15) is 0 Å². The summed E-state index contributed by atoms with van der Waals surface area (Å²) >= 11 is 0. The summed E-state index contributed by atoms with van der Waals surface area (Å²) in [6.07, 6.45) is 0. The van der Waals surface area contributed by atoms with Crippen molar-refractivity contribution in [2.24, 2.45) is 0 Å². The van der Waals surface area contributed by atoms with Gasteiger partial charge in [0.05, 0.1) is 11.3 Å². The Morgan fingerprint density at radius 3 is 2.33 bits per heavy atom. The molecular formula is C19H18N2O3. The van der Waals surface area contributed by atoms with Crippen LogP contribution in [-0.4, -0.2) is 30.2 Å². The number of rotatable bonds is 2. The first kappa shape index (κ1) is 15.9. The van der Waals surface area contributed by atoms with Gasteiger partial charge in [0.1, 0.15) is 0 Å². The Morgan fingerprint density at radius 2 is 1.67 bits per heavy atom. The topological polar surface area (TPSA) is 66.5 Å². The van der Waals surface area contributed by atoms with Crippen LogP contribution in [0.1, 0.15) is 44.9 Å². The largest absolute Gasteiger partial charge is 0.348 e. The van der Waals surface area contributed by atoms with Gasteiger partial charge in [0, 0.05) is 23.7 Å². The van der Waals surface area contributed by atoms with E-state index in [0.717, 1.165) is 0 Å². The average molecular weight is 322 g/mol. The van der Waals surface area contributed by atoms with Crippen LogP contribution in [-0.2, 0) is 0 Å². The molecule has 0 aromatic heterocycles. The van der Waals surface area contributed by atoms with Crippen LogP contribution in [0.2, 0.25) is 0 Å². The van der Waals surface area contributed by atoms with Gasteiger partial charge in [0.25, 0.3) is 11.8 Å². The summed E-state index contributed by atoms with van der Waals surface area (Å²) in [5, 5.41) is 2.88. The minimum absolute atomic E-state index is 0.0439. The van der Waals surface area contributed by atoms with E-state index in [2.05, 4.69) is 5.32 Å². The average Bonchev–Trinajstić information content (AvgIpc) is 2.71. The molecule has 24 heavy (non-hydrogen) atoms. The van der Waals surface area contributed by atoms with Gasteiger partial charge in [0.2, 0.25) is 0 Å². The Hall–Kier alpha value is -2.95. The zero-order valence-electron chi connectivity index (χ0n) is 13.6. The molecule has 0 saturated heterocycles. The summed E-state index contributed by atoms with van der Waals surface area (Å²) < 4.78 is 0. The van der Waals surface area contributed by atoms with Crippen molar-refractivity contribution in [1.82, 2.24) is 5.32 Å². The fourth-order valence-corrected chi connectivity index (χ4v) is 2.82. The smallest absolute Gasteiger partial charge is 0.258 e. The van der Waals surface area contributed by atoms with Crippen molar-refractivity contribution in [3.05, 3.63) is 65.2 Å². The van der Waals surface area contributed by atoms with Gasteiger partial charge in [-0.15, -0.1) is 0 Å². The van der Waals surface area contributed by atoms with Gasteiger partial charge in [-0.05, 0) is 38.1 Å². The summed E-state index contributed by atoms with van der Waals surface area (Å²) in [4.78, 5) is 38.2. The third-order valence-electron chi connectivity index (χ3n) is 4.06. The number of carbonyl (C=O) groups is 3. The second-order valence-corrected chi connectivity index (χ2v) is 5.94. The van der Waals surface area contributed by atoms with E-state index in [1.165, 1.54) is 6.92 Å². The van der Waals surface area contributed by atoms with Crippen molar-refractivity contribution in [2.75, 3.05) is 11.4 Å². The summed E-state index contributed by atoms with van der Waals surface area (Å²) in [6, 6.07) is 13.5. The number of nitrogens with one attached hydrogen (secondary N) is 1. The predicted octanol–water partition coefficient (Wildman–Crippen LogP) is 2.67. The van der Waals surface area contributed by atoms with E-state index in [1.54, 1.807) is 53.4 Å². The molecule has 0 saturated carbocycles. The Kier molecular flexibility index (Phi) is 4.16. The fourth-order valence-electron chi connectivity index (χ4n) is 2.82. The number of fused-ring (bicyclic) bond motifs is 1. The number of hydrogen-bond acceptors (Lipinski definition) is 3. The summed E-state index contributed by atoms with van der Waals surface area (Å²) in [6.45, 7) is 3.74. The van der Waals surface area contributed by atoms with Crippen molar-refractivity contribution in [3.63, 3.8) is 0 Å². The molecule has 0 fully saturated rings. The standard InChI is InChI=1S/C19H18N2O3/c1-12-11-21(17-6-4-3-5-16(17)18(23)20-12)19(24)15-9-7-14(8-10-15)13(2)22/h3-10,12H,11H2,1-2H3,(H,20,23)/t12-/m1/s1. The number of Topliss-reactive ketones (excluding diaryl/α,β-unsaturated/α-hetero) is 1. The third-order valence-corrected chi connectivity index (χ3v) is 4.06. The molecule has 5 heteroatoms. The van der Waals surface area contributed by atoms with E-state index in [9.17, 15) is 14.4 Å². The lowest BCUT2D eigenvalue weighted by atomic mass is 10.1. The second-order valence-electron chi connectivity index (χ2n) is 5.94. The maximum atomic E-state index is 13.0. The van der Waals surface area contributed by atoms with Gasteiger partial charge >= 0.3 is 0 Å². The lowest BCUT2D eigenvalue weighted by molar-refractivity contribution is 0.0939. The molecule has 2 aromatic rings. The first-order valence-corrected chi connectivity index (χ1v) is 7.80. The molecule has 1 atom stereocenters. The summed E-state index contributed by atoms with van der Waals surface area (Å²) in [5.74, 6) is -0.418. The number of nitrogens with zero attached hydrogens (tertiary/aromatic N) is 1. The van der Waals surface area contributed by atoms with Gasteiger partial charge in [-0.1, -0.05) is 24.3 Å². The Balaban J connectivity index is 2.00. The molecule has 0 unspecified atom stereocenters. The van der Waals surface area contributed by atoms with E-state index in [4.69, 9.17) is 0 Å². The molecular weight excluding hydrogens is 304 g/mol. The maximum absolute atomic E-state index is 13.0. The van der Waals surface area contributed by atoms with Crippen molar-refractivity contribution in [1.29, 1.82) is 0 Å². The van der Waals surface area contributed by atoms with E-state index < -0.39 is 0 Å². The zero-order valence-corrected chi connectivity index (χ0v) is 13.6. The quantitative estimate of drug-likeness (QED) is 0.865. The lowest BCUT2D eigenvalue weighted by Crippen LogP contribution is -2.41. The van der Waals surface area contributed by atoms with Crippen LogP contribution >= 0.6 is 0 Å². The molecule has 0 spiro atoms. The fraction of sp³-hybridized carbons (Fsp3) is 0.211. The molecule has 1 aliphatic rings. The molecule has 5 nitrogen and oxygen atoms in total. The van der Waals surface area contributed by atoms with Crippen LogP contribution < -0.4 is 10.2 Å². The van der Waals surface area contributed by atoms with Crippen LogP contribution in [0.15, 0.2) is 48.5 Å². The molecule has 1 heterocycles. The van der Waals surface area contributed by atoms with Crippen LogP contribution in [0.25, 0.3) is 0 Å². The molecule has 0 radical (unpaired) electrons. The highest BCUT2D eigenvalue weighted by atomic mass is 16.2. The highest BCUT2D eigenvalue weighted by Gasteiger charge is 2.28. The minimum atomic E-state index is -0.194. The monoisotopic (exact) mass is 322 g/mol. The zero-order chi connectivity index (χ0) is 17.3. The van der Waals surface area contributed by atoms with Crippen molar-refractivity contribution >= 4 is 23.3 Å². The molecule has 1 aliphatic heterocycles. The van der Waals surface area contributed by atoms with Crippen molar-refractivity contribution < 1.29 is 14.4 Å². The van der Waals surface area contributed by atoms with Gasteiger partial charge in [-0.25, -0.2) is 0 Å². The van der Waals surface area contributed by atoms with E-state index in [-0.39, 0.29) is 23.6 Å². The van der Waals surface area contributed by atoms with Crippen LogP contribution in [0.5, 0.6) is 0 Å². The van der Waals surface area contributed by atoms with Crippen LogP contribution in [0.4, 0.5) is 5.69 Å².